The van der Waals surface area contributed by atoms with Crippen LogP contribution in [0, 0.1) is 0 Å². The summed E-state index contributed by atoms with van der Waals surface area (Å²) in [6, 6.07) is 17.2. The number of aromatic nitrogens is 1. The van der Waals surface area contributed by atoms with Crippen molar-refractivity contribution in [3.05, 3.63) is 64.8 Å². The van der Waals surface area contributed by atoms with Crippen molar-refractivity contribution in [1.29, 1.82) is 0 Å². The van der Waals surface area contributed by atoms with Crippen LogP contribution in [0.15, 0.2) is 63.6 Å². The fourth-order valence-corrected chi connectivity index (χ4v) is 2.57. The molecule has 4 nitrogen and oxygen atoms in total. The maximum atomic E-state index is 12.2. The van der Waals surface area contributed by atoms with Gasteiger partial charge in [0.05, 0.1) is 12.2 Å². The first-order valence-corrected chi connectivity index (χ1v) is 7.98. The minimum Gasteiger partial charge on any atom is -0.460 e. The predicted octanol–water partition coefficient (Wildman–Crippen LogP) is 4.95. The molecule has 2 aromatic carbocycles. The van der Waals surface area contributed by atoms with Gasteiger partial charge in [0.15, 0.2) is 0 Å². The monoisotopic (exact) mass is 371 g/mol. The highest BCUT2D eigenvalue weighted by atomic mass is 79.9. The SMILES string of the molecule is CCOC(=O)c1onc(-c2ccc(Br)cc2)c1-c1ccccc1. The lowest BCUT2D eigenvalue weighted by atomic mass is 9.99. The average molecular weight is 372 g/mol. The fourth-order valence-electron chi connectivity index (χ4n) is 2.30. The van der Waals surface area contributed by atoms with E-state index in [1.807, 2.05) is 54.6 Å². The topological polar surface area (TPSA) is 52.3 Å². The van der Waals surface area contributed by atoms with Gasteiger partial charge in [0, 0.05) is 10.0 Å². The Labute approximate surface area is 142 Å². The molecule has 0 saturated heterocycles. The van der Waals surface area contributed by atoms with Gasteiger partial charge in [0.25, 0.3) is 5.76 Å². The van der Waals surface area contributed by atoms with Crippen molar-refractivity contribution in [3.8, 4) is 22.4 Å². The normalized spacial score (nSPS) is 10.5. The summed E-state index contributed by atoms with van der Waals surface area (Å²) in [6.45, 7) is 2.04. The maximum Gasteiger partial charge on any atom is 0.377 e. The lowest BCUT2D eigenvalue weighted by Crippen LogP contribution is -2.04. The van der Waals surface area contributed by atoms with Gasteiger partial charge in [0.1, 0.15) is 5.69 Å². The summed E-state index contributed by atoms with van der Waals surface area (Å²) in [6.07, 6.45) is 0. The second-order valence-corrected chi connectivity index (χ2v) is 5.74. The quantitative estimate of drug-likeness (QED) is 0.609. The summed E-state index contributed by atoms with van der Waals surface area (Å²) in [5.74, 6) is -0.391. The van der Waals surface area contributed by atoms with Crippen LogP contribution in [0.5, 0.6) is 0 Å². The van der Waals surface area contributed by atoms with Gasteiger partial charge in [-0.05, 0) is 24.6 Å². The number of esters is 1. The summed E-state index contributed by atoms with van der Waals surface area (Å²) in [7, 11) is 0. The summed E-state index contributed by atoms with van der Waals surface area (Å²) >= 11 is 3.41. The van der Waals surface area contributed by atoms with Gasteiger partial charge in [-0.2, -0.15) is 0 Å². The second kappa shape index (κ2) is 6.79. The van der Waals surface area contributed by atoms with E-state index in [1.54, 1.807) is 6.92 Å². The van der Waals surface area contributed by atoms with Crippen LogP contribution in [0.1, 0.15) is 17.5 Å². The Bertz CT molecular complexity index is 810. The molecule has 0 aliphatic rings. The van der Waals surface area contributed by atoms with Crippen molar-refractivity contribution in [2.24, 2.45) is 0 Å². The van der Waals surface area contributed by atoms with Crippen LogP contribution in [0.2, 0.25) is 0 Å². The minimum atomic E-state index is -0.512. The van der Waals surface area contributed by atoms with Crippen molar-refractivity contribution in [2.45, 2.75) is 6.92 Å². The number of ether oxygens (including phenoxy) is 1. The van der Waals surface area contributed by atoms with E-state index in [4.69, 9.17) is 9.26 Å². The molecule has 0 saturated carbocycles. The molecule has 3 aromatic rings. The Morgan fingerprint density at radius 1 is 1.09 bits per heavy atom. The van der Waals surface area contributed by atoms with Gasteiger partial charge in [0.2, 0.25) is 0 Å². The molecule has 0 atom stereocenters. The summed E-state index contributed by atoms with van der Waals surface area (Å²) in [4.78, 5) is 12.2. The van der Waals surface area contributed by atoms with Gasteiger partial charge in [-0.3, -0.25) is 0 Å². The van der Waals surface area contributed by atoms with E-state index in [9.17, 15) is 4.79 Å². The molecule has 0 radical (unpaired) electrons. The first-order chi connectivity index (χ1) is 11.2. The number of halogens is 1. The zero-order valence-corrected chi connectivity index (χ0v) is 14.0. The number of carbonyl (C=O) groups excluding carboxylic acids is 1. The molecule has 1 heterocycles. The summed E-state index contributed by atoms with van der Waals surface area (Å²) in [5, 5.41) is 4.10. The number of rotatable bonds is 4. The highest BCUT2D eigenvalue weighted by Gasteiger charge is 2.25. The first kappa shape index (κ1) is 15.5. The van der Waals surface area contributed by atoms with E-state index in [2.05, 4.69) is 21.1 Å². The van der Waals surface area contributed by atoms with E-state index in [-0.39, 0.29) is 12.4 Å². The standard InChI is InChI=1S/C18H14BrNO3/c1-2-22-18(21)17-15(12-6-4-3-5-7-12)16(20-23-17)13-8-10-14(19)11-9-13/h3-11H,2H2,1H3. The molecule has 0 aliphatic heterocycles. The van der Waals surface area contributed by atoms with Crippen LogP contribution >= 0.6 is 15.9 Å². The van der Waals surface area contributed by atoms with Crippen molar-refractivity contribution in [1.82, 2.24) is 5.16 Å². The molecule has 0 aliphatic carbocycles. The van der Waals surface area contributed by atoms with Gasteiger partial charge >= 0.3 is 5.97 Å². The lowest BCUT2D eigenvalue weighted by Gasteiger charge is -2.05. The van der Waals surface area contributed by atoms with Crippen molar-refractivity contribution >= 4 is 21.9 Å². The van der Waals surface area contributed by atoms with Crippen molar-refractivity contribution in [2.75, 3.05) is 6.61 Å². The van der Waals surface area contributed by atoms with Crippen LogP contribution in [0.4, 0.5) is 0 Å². The molecule has 3 rings (SSSR count). The average Bonchev–Trinajstić information content (AvgIpc) is 3.01. The molecule has 0 unspecified atom stereocenters. The zero-order chi connectivity index (χ0) is 16.2. The minimum absolute atomic E-state index is 0.121. The largest absolute Gasteiger partial charge is 0.460 e. The molecule has 116 valence electrons. The molecule has 23 heavy (non-hydrogen) atoms. The van der Waals surface area contributed by atoms with Gasteiger partial charge in [-0.1, -0.05) is 63.6 Å². The number of hydrogen-bond donors (Lipinski definition) is 0. The molecule has 0 N–H and O–H groups in total. The van der Waals surface area contributed by atoms with Crippen LogP contribution in [-0.2, 0) is 4.74 Å². The lowest BCUT2D eigenvalue weighted by molar-refractivity contribution is 0.0481. The Kier molecular flexibility index (Phi) is 4.57. The van der Waals surface area contributed by atoms with Gasteiger partial charge in [-0.15, -0.1) is 0 Å². The molecular formula is C18H14BrNO3. The fraction of sp³-hybridized carbons (Fsp3) is 0.111. The number of nitrogens with zero attached hydrogens (tertiary/aromatic N) is 1. The first-order valence-electron chi connectivity index (χ1n) is 7.19. The summed E-state index contributed by atoms with van der Waals surface area (Å²) < 4.78 is 11.4. The van der Waals surface area contributed by atoms with Crippen molar-refractivity contribution in [3.63, 3.8) is 0 Å². The van der Waals surface area contributed by atoms with Gasteiger partial charge in [-0.25, -0.2) is 4.79 Å². The number of carbonyl (C=O) groups is 1. The van der Waals surface area contributed by atoms with E-state index in [1.165, 1.54) is 0 Å². The van der Waals surface area contributed by atoms with E-state index in [0.29, 0.717) is 11.3 Å². The molecule has 0 bridgehead atoms. The van der Waals surface area contributed by atoms with E-state index < -0.39 is 5.97 Å². The molecule has 0 amide bonds. The smallest absolute Gasteiger partial charge is 0.377 e. The molecular weight excluding hydrogens is 358 g/mol. The summed E-state index contributed by atoms with van der Waals surface area (Å²) in [5.41, 5.74) is 2.99. The molecule has 1 aromatic heterocycles. The number of hydrogen-bond acceptors (Lipinski definition) is 4. The Hall–Kier alpha value is -2.40. The van der Waals surface area contributed by atoms with Crippen LogP contribution in [0.3, 0.4) is 0 Å². The third-order valence-corrected chi connectivity index (χ3v) is 3.86. The highest BCUT2D eigenvalue weighted by molar-refractivity contribution is 9.10. The highest BCUT2D eigenvalue weighted by Crippen LogP contribution is 2.35. The number of benzene rings is 2. The van der Waals surface area contributed by atoms with E-state index >= 15 is 0 Å². The third-order valence-electron chi connectivity index (χ3n) is 3.33. The Morgan fingerprint density at radius 3 is 2.43 bits per heavy atom. The molecule has 0 spiro atoms. The van der Waals surface area contributed by atoms with Crippen LogP contribution < -0.4 is 0 Å². The van der Waals surface area contributed by atoms with Crippen LogP contribution in [-0.4, -0.2) is 17.7 Å². The van der Waals surface area contributed by atoms with Crippen LogP contribution in [0.25, 0.3) is 22.4 Å². The zero-order valence-electron chi connectivity index (χ0n) is 12.5. The van der Waals surface area contributed by atoms with E-state index in [0.717, 1.165) is 15.6 Å². The third kappa shape index (κ3) is 3.19. The van der Waals surface area contributed by atoms with Crippen molar-refractivity contribution < 1.29 is 14.1 Å². The molecule has 5 heteroatoms. The Balaban J connectivity index is 2.17. The maximum absolute atomic E-state index is 12.2. The van der Waals surface area contributed by atoms with Gasteiger partial charge < -0.3 is 9.26 Å². The predicted molar refractivity (Wildman–Crippen MR) is 91.0 cm³/mol. The second-order valence-electron chi connectivity index (χ2n) is 4.83. The Morgan fingerprint density at radius 2 is 1.78 bits per heavy atom. The molecule has 0 fully saturated rings.